The second-order valence-electron chi connectivity index (χ2n) is 6.77. The summed E-state index contributed by atoms with van der Waals surface area (Å²) in [4.78, 5) is 25.6. The summed E-state index contributed by atoms with van der Waals surface area (Å²) in [5.41, 5.74) is 0.458. The molecule has 0 aliphatic rings. The Kier molecular flexibility index (Phi) is 8.30. The van der Waals surface area contributed by atoms with Gasteiger partial charge in [0, 0.05) is 20.1 Å². The number of hydrogen-bond acceptors (Lipinski definition) is 3. The molecule has 0 saturated heterocycles. The molecule has 0 aliphatic heterocycles. The maximum Gasteiger partial charge on any atom is 0.259 e. The van der Waals surface area contributed by atoms with Gasteiger partial charge in [-0.05, 0) is 31.4 Å². The highest BCUT2D eigenvalue weighted by molar-refractivity contribution is 5.97. The zero-order valence-electron chi connectivity index (χ0n) is 15.5. The van der Waals surface area contributed by atoms with E-state index in [1.165, 1.54) is 4.90 Å². The van der Waals surface area contributed by atoms with Gasteiger partial charge in [-0.1, -0.05) is 38.8 Å². The molecule has 0 unspecified atom stereocenters. The summed E-state index contributed by atoms with van der Waals surface area (Å²) in [5, 5.41) is 3.01. The lowest BCUT2D eigenvalue weighted by Gasteiger charge is -2.17. The Morgan fingerprint density at radius 3 is 2.42 bits per heavy atom. The minimum atomic E-state index is -0.167. The maximum absolute atomic E-state index is 12.5. The molecule has 1 N–H and O–H groups in total. The summed E-state index contributed by atoms with van der Waals surface area (Å²) in [6.45, 7) is 6.33. The minimum absolute atomic E-state index is 0.0821. The highest BCUT2D eigenvalue weighted by atomic mass is 16.5. The van der Waals surface area contributed by atoms with Crippen molar-refractivity contribution < 1.29 is 14.3 Å². The molecule has 0 heterocycles. The second kappa shape index (κ2) is 9.96. The first-order chi connectivity index (χ1) is 11.3. The van der Waals surface area contributed by atoms with Gasteiger partial charge in [-0.2, -0.15) is 0 Å². The van der Waals surface area contributed by atoms with Crippen LogP contribution in [0.3, 0.4) is 0 Å². The van der Waals surface area contributed by atoms with Gasteiger partial charge in [0.05, 0.1) is 5.56 Å². The van der Waals surface area contributed by atoms with E-state index >= 15 is 0 Å². The van der Waals surface area contributed by atoms with E-state index in [2.05, 4.69) is 19.2 Å². The lowest BCUT2D eigenvalue weighted by atomic mass is 10.0. The van der Waals surface area contributed by atoms with Crippen molar-refractivity contribution in [3.63, 3.8) is 0 Å². The number of nitrogens with one attached hydrogen (secondary N) is 1. The van der Waals surface area contributed by atoms with Gasteiger partial charge in [-0.15, -0.1) is 0 Å². The molecular formula is C19H30N2O3. The summed E-state index contributed by atoms with van der Waals surface area (Å²) in [6.07, 6.45) is 3.20. The fraction of sp³-hybridized carbons (Fsp3) is 0.579. The lowest BCUT2D eigenvalue weighted by molar-refractivity contribution is -0.130. The smallest absolute Gasteiger partial charge is 0.259 e. The van der Waals surface area contributed by atoms with Gasteiger partial charge < -0.3 is 15.0 Å². The average Bonchev–Trinajstić information content (AvgIpc) is 2.52. The molecule has 2 amide bonds. The van der Waals surface area contributed by atoms with Crippen LogP contribution in [0.15, 0.2) is 24.3 Å². The van der Waals surface area contributed by atoms with E-state index in [1.54, 1.807) is 38.4 Å². The van der Waals surface area contributed by atoms with E-state index in [1.807, 2.05) is 6.92 Å². The van der Waals surface area contributed by atoms with Crippen LogP contribution in [0.2, 0.25) is 0 Å². The summed E-state index contributed by atoms with van der Waals surface area (Å²) in [6, 6.07) is 7.11. The number of hydrogen-bond donors (Lipinski definition) is 1. The van der Waals surface area contributed by atoms with Gasteiger partial charge in [-0.3, -0.25) is 9.59 Å². The van der Waals surface area contributed by atoms with Gasteiger partial charge in [0.2, 0.25) is 0 Å². The number of likely N-dealkylation sites (N-methyl/N-ethyl adjacent to an activating group) is 1. The summed E-state index contributed by atoms with van der Waals surface area (Å²) >= 11 is 0. The van der Waals surface area contributed by atoms with Crippen molar-refractivity contribution in [1.29, 1.82) is 0 Å². The number of carbonyl (C=O) groups excluding carboxylic acids is 2. The summed E-state index contributed by atoms with van der Waals surface area (Å²) < 4.78 is 5.52. The Morgan fingerprint density at radius 2 is 1.79 bits per heavy atom. The van der Waals surface area contributed by atoms with Crippen LogP contribution in [0.4, 0.5) is 0 Å². The van der Waals surface area contributed by atoms with E-state index in [4.69, 9.17) is 4.74 Å². The zero-order valence-corrected chi connectivity index (χ0v) is 15.5. The number of ether oxygens (including phenoxy) is 1. The van der Waals surface area contributed by atoms with Gasteiger partial charge in [0.25, 0.3) is 11.8 Å². The summed E-state index contributed by atoms with van der Waals surface area (Å²) in [7, 11) is 3.34. The van der Waals surface area contributed by atoms with E-state index in [0.29, 0.717) is 17.2 Å². The lowest BCUT2D eigenvalue weighted by Crippen LogP contribution is -2.33. The Balaban J connectivity index is 2.62. The van der Waals surface area contributed by atoms with Crippen LogP contribution in [0.5, 0.6) is 5.75 Å². The molecule has 5 heteroatoms. The maximum atomic E-state index is 12.5. The SMILES string of the molecule is CC(C)CCC[C@@H](C)NC(=O)c1ccccc1OCC(=O)N(C)C. The first-order valence-electron chi connectivity index (χ1n) is 8.54. The van der Waals surface area contributed by atoms with Crippen LogP contribution in [0, 0.1) is 5.92 Å². The van der Waals surface area contributed by atoms with E-state index in [0.717, 1.165) is 19.3 Å². The molecule has 1 atom stereocenters. The molecule has 1 aromatic carbocycles. The number of para-hydroxylation sites is 1. The van der Waals surface area contributed by atoms with Gasteiger partial charge in [0.15, 0.2) is 6.61 Å². The monoisotopic (exact) mass is 334 g/mol. The van der Waals surface area contributed by atoms with Crippen molar-refractivity contribution in [2.24, 2.45) is 5.92 Å². The Bertz CT molecular complexity index is 541. The average molecular weight is 334 g/mol. The van der Waals surface area contributed by atoms with Crippen LogP contribution in [-0.2, 0) is 4.79 Å². The zero-order chi connectivity index (χ0) is 18.1. The molecule has 0 spiro atoms. The fourth-order valence-corrected chi connectivity index (χ4v) is 2.25. The van der Waals surface area contributed by atoms with Crippen LogP contribution in [0.25, 0.3) is 0 Å². The molecule has 0 radical (unpaired) electrons. The highest BCUT2D eigenvalue weighted by Crippen LogP contribution is 2.18. The molecule has 5 nitrogen and oxygen atoms in total. The van der Waals surface area contributed by atoms with Crippen molar-refractivity contribution in [1.82, 2.24) is 10.2 Å². The van der Waals surface area contributed by atoms with Crippen LogP contribution in [-0.4, -0.2) is 43.5 Å². The van der Waals surface area contributed by atoms with Crippen molar-refractivity contribution in [3.8, 4) is 5.75 Å². The van der Waals surface area contributed by atoms with Crippen molar-refractivity contribution in [2.75, 3.05) is 20.7 Å². The summed E-state index contributed by atoms with van der Waals surface area (Å²) in [5.74, 6) is 0.794. The molecule has 134 valence electrons. The molecule has 1 rings (SSSR count). The van der Waals surface area contributed by atoms with Crippen molar-refractivity contribution in [3.05, 3.63) is 29.8 Å². The highest BCUT2D eigenvalue weighted by Gasteiger charge is 2.15. The van der Waals surface area contributed by atoms with E-state index in [9.17, 15) is 9.59 Å². The van der Waals surface area contributed by atoms with E-state index < -0.39 is 0 Å². The van der Waals surface area contributed by atoms with Crippen LogP contribution < -0.4 is 10.1 Å². The molecule has 0 aromatic heterocycles. The quantitative estimate of drug-likeness (QED) is 0.755. The van der Waals surface area contributed by atoms with Gasteiger partial charge in [-0.25, -0.2) is 0 Å². The third-order valence-corrected chi connectivity index (χ3v) is 3.78. The predicted molar refractivity (Wildman–Crippen MR) is 96.2 cm³/mol. The second-order valence-corrected chi connectivity index (χ2v) is 6.77. The minimum Gasteiger partial charge on any atom is -0.483 e. The number of amides is 2. The molecule has 0 bridgehead atoms. The topological polar surface area (TPSA) is 58.6 Å². The van der Waals surface area contributed by atoms with Gasteiger partial charge in [0.1, 0.15) is 5.75 Å². The third-order valence-electron chi connectivity index (χ3n) is 3.78. The van der Waals surface area contributed by atoms with Crippen LogP contribution >= 0.6 is 0 Å². The number of carbonyl (C=O) groups is 2. The number of benzene rings is 1. The largest absolute Gasteiger partial charge is 0.483 e. The predicted octanol–water partition coefficient (Wildman–Crippen LogP) is 3.10. The molecule has 24 heavy (non-hydrogen) atoms. The number of rotatable bonds is 9. The normalized spacial score (nSPS) is 11.9. The van der Waals surface area contributed by atoms with Crippen molar-refractivity contribution >= 4 is 11.8 Å². The Hall–Kier alpha value is -2.04. The molecule has 0 saturated carbocycles. The van der Waals surface area contributed by atoms with Gasteiger partial charge >= 0.3 is 0 Å². The van der Waals surface area contributed by atoms with Crippen LogP contribution in [0.1, 0.15) is 50.4 Å². The molecule has 0 aliphatic carbocycles. The standard InChI is InChI=1S/C19H30N2O3/c1-14(2)9-8-10-15(3)20-19(23)16-11-6-7-12-17(16)24-13-18(22)21(4)5/h6-7,11-12,14-15H,8-10,13H2,1-5H3,(H,20,23)/t15-/m1/s1. The Morgan fingerprint density at radius 1 is 1.12 bits per heavy atom. The first kappa shape index (κ1) is 20.0. The molecule has 1 aromatic rings. The first-order valence-corrected chi connectivity index (χ1v) is 8.54. The van der Waals surface area contributed by atoms with Crippen molar-refractivity contribution in [2.45, 2.75) is 46.1 Å². The third kappa shape index (κ3) is 7.02. The van der Waals surface area contributed by atoms with E-state index in [-0.39, 0.29) is 24.5 Å². The molecule has 0 fully saturated rings. The fourth-order valence-electron chi connectivity index (χ4n) is 2.25. The number of nitrogens with zero attached hydrogens (tertiary/aromatic N) is 1. The molecular weight excluding hydrogens is 304 g/mol. The Labute approximate surface area is 145 Å².